The van der Waals surface area contributed by atoms with Gasteiger partial charge in [0, 0.05) is 44.1 Å². The smallest absolute Gasteiger partial charge is 0.223 e. The van der Waals surface area contributed by atoms with Crippen molar-refractivity contribution < 1.29 is 9.21 Å². The van der Waals surface area contributed by atoms with E-state index in [4.69, 9.17) is 4.42 Å². The fourth-order valence-electron chi connectivity index (χ4n) is 3.92. The topological polar surface area (TPSA) is 45.5 Å². The first-order chi connectivity index (χ1) is 11.7. The van der Waals surface area contributed by atoms with E-state index in [0.717, 1.165) is 43.1 Å². The molecule has 2 fully saturated rings. The number of rotatable bonds is 4. The highest BCUT2D eigenvalue weighted by molar-refractivity contribution is 5.77. The van der Waals surface area contributed by atoms with Gasteiger partial charge in [-0.3, -0.25) is 4.79 Å². The van der Waals surface area contributed by atoms with Crippen molar-refractivity contribution in [2.45, 2.75) is 32.2 Å². The van der Waals surface area contributed by atoms with E-state index in [1.807, 2.05) is 12.1 Å². The molecule has 4 rings (SSSR count). The summed E-state index contributed by atoms with van der Waals surface area (Å²) < 4.78 is 5.93. The number of hydrogen-bond donors (Lipinski definition) is 1. The Morgan fingerprint density at radius 1 is 1.21 bits per heavy atom. The van der Waals surface area contributed by atoms with Gasteiger partial charge in [0.1, 0.15) is 11.5 Å². The number of likely N-dealkylation sites (tertiary alicyclic amines) is 1. The molecule has 4 nitrogen and oxygen atoms in total. The molecule has 2 saturated heterocycles. The summed E-state index contributed by atoms with van der Waals surface area (Å²) in [6, 6.07) is 12.7. The molecular weight excluding hydrogens is 300 g/mol. The van der Waals surface area contributed by atoms with Crippen LogP contribution in [0.15, 0.2) is 40.8 Å². The molecule has 24 heavy (non-hydrogen) atoms. The van der Waals surface area contributed by atoms with E-state index >= 15 is 0 Å². The number of aryl methyl sites for hydroxylation is 2. The Balaban J connectivity index is 1.36. The number of carbonyl (C=O) groups excluding carboxylic acids is 1. The van der Waals surface area contributed by atoms with E-state index in [9.17, 15) is 4.79 Å². The molecule has 0 saturated carbocycles. The van der Waals surface area contributed by atoms with Crippen molar-refractivity contribution in [1.29, 1.82) is 0 Å². The molecule has 0 bridgehead atoms. The highest BCUT2D eigenvalue weighted by Crippen LogP contribution is 2.28. The average molecular weight is 324 g/mol. The van der Waals surface area contributed by atoms with Crippen molar-refractivity contribution in [2.24, 2.45) is 5.92 Å². The van der Waals surface area contributed by atoms with Gasteiger partial charge in [-0.15, -0.1) is 0 Å². The van der Waals surface area contributed by atoms with Crippen molar-refractivity contribution >= 4 is 5.91 Å². The predicted molar refractivity (Wildman–Crippen MR) is 93.7 cm³/mol. The van der Waals surface area contributed by atoms with Crippen molar-refractivity contribution in [2.75, 3.05) is 19.6 Å². The first kappa shape index (κ1) is 15.5. The Bertz CT molecular complexity index is 719. The lowest BCUT2D eigenvalue weighted by Crippen LogP contribution is -2.39. The van der Waals surface area contributed by atoms with Crippen LogP contribution in [0, 0.1) is 12.8 Å². The third-order valence-corrected chi connectivity index (χ3v) is 5.35. The Labute approximate surface area is 142 Å². The van der Waals surface area contributed by atoms with Crippen molar-refractivity contribution in [3.63, 3.8) is 0 Å². The highest BCUT2D eigenvalue weighted by Gasteiger charge is 2.39. The van der Waals surface area contributed by atoms with Crippen LogP contribution in [0.3, 0.4) is 0 Å². The lowest BCUT2D eigenvalue weighted by Gasteiger charge is -2.23. The molecular formula is C20H24N2O2. The maximum Gasteiger partial charge on any atom is 0.223 e. The molecule has 0 unspecified atom stereocenters. The van der Waals surface area contributed by atoms with Gasteiger partial charge in [-0.2, -0.15) is 0 Å². The van der Waals surface area contributed by atoms with E-state index in [1.165, 1.54) is 5.56 Å². The molecule has 4 heteroatoms. The van der Waals surface area contributed by atoms with Crippen LogP contribution in [0.4, 0.5) is 0 Å². The van der Waals surface area contributed by atoms with Crippen LogP contribution in [-0.4, -0.2) is 36.5 Å². The number of carbonyl (C=O) groups is 1. The Hall–Kier alpha value is -2.07. The minimum absolute atomic E-state index is 0.263. The second kappa shape index (κ2) is 6.44. The summed E-state index contributed by atoms with van der Waals surface area (Å²) in [6.45, 7) is 5.01. The van der Waals surface area contributed by atoms with Crippen molar-refractivity contribution in [1.82, 2.24) is 10.2 Å². The van der Waals surface area contributed by atoms with E-state index in [1.54, 1.807) is 0 Å². The van der Waals surface area contributed by atoms with Gasteiger partial charge in [0.2, 0.25) is 5.91 Å². The molecule has 126 valence electrons. The fraction of sp³-hybridized carbons (Fsp3) is 0.450. The van der Waals surface area contributed by atoms with Gasteiger partial charge in [0.05, 0.1) is 0 Å². The quantitative estimate of drug-likeness (QED) is 0.940. The second-order valence-electron chi connectivity index (χ2n) is 6.99. The average Bonchev–Trinajstić information content (AvgIpc) is 3.30. The molecule has 3 heterocycles. The normalized spacial score (nSPS) is 22.8. The molecule has 1 amide bonds. The molecule has 0 aliphatic carbocycles. The molecule has 2 aliphatic rings. The molecule has 2 aliphatic heterocycles. The Morgan fingerprint density at radius 2 is 2.04 bits per heavy atom. The zero-order valence-corrected chi connectivity index (χ0v) is 14.1. The van der Waals surface area contributed by atoms with Crippen LogP contribution in [0.25, 0.3) is 11.3 Å². The molecule has 2 atom stereocenters. The van der Waals surface area contributed by atoms with Crippen LogP contribution in [-0.2, 0) is 11.2 Å². The third-order valence-electron chi connectivity index (χ3n) is 5.35. The molecule has 0 spiro atoms. The van der Waals surface area contributed by atoms with Gasteiger partial charge >= 0.3 is 0 Å². The number of furan rings is 1. The van der Waals surface area contributed by atoms with E-state index in [0.29, 0.717) is 24.8 Å². The zero-order chi connectivity index (χ0) is 16.5. The molecule has 2 aromatic rings. The maximum absolute atomic E-state index is 12.5. The van der Waals surface area contributed by atoms with Crippen LogP contribution in [0.5, 0.6) is 0 Å². The van der Waals surface area contributed by atoms with Gasteiger partial charge in [-0.25, -0.2) is 0 Å². The lowest BCUT2D eigenvalue weighted by molar-refractivity contribution is -0.132. The van der Waals surface area contributed by atoms with Gasteiger partial charge in [0.25, 0.3) is 0 Å². The van der Waals surface area contributed by atoms with Gasteiger partial charge in [-0.1, -0.05) is 29.8 Å². The summed E-state index contributed by atoms with van der Waals surface area (Å²) in [5.74, 6) is 2.68. The summed E-state index contributed by atoms with van der Waals surface area (Å²) in [5.41, 5.74) is 2.32. The van der Waals surface area contributed by atoms with Crippen LogP contribution in [0.1, 0.15) is 24.2 Å². The number of hydrogen-bond acceptors (Lipinski definition) is 3. The van der Waals surface area contributed by atoms with Crippen LogP contribution in [0.2, 0.25) is 0 Å². The summed E-state index contributed by atoms with van der Waals surface area (Å²) >= 11 is 0. The molecule has 1 aromatic carbocycles. The van der Waals surface area contributed by atoms with Crippen molar-refractivity contribution in [3.8, 4) is 11.3 Å². The third kappa shape index (κ3) is 2.98. The van der Waals surface area contributed by atoms with Crippen molar-refractivity contribution in [3.05, 3.63) is 47.7 Å². The van der Waals surface area contributed by atoms with Crippen LogP contribution >= 0.6 is 0 Å². The maximum atomic E-state index is 12.5. The highest BCUT2D eigenvalue weighted by atomic mass is 16.3. The molecule has 1 N–H and O–H groups in total. The monoisotopic (exact) mass is 324 g/mol. The zero-order valence-electron chi connectivity index (χ0n) is 14.1. The van der Waals surface area contributed by atoms with Gasteiger partial charge in [-0.05, 0) is 31.4 Å². The fourth-order valence-corrected chi connectivity index (χ4v) is 3.92. The predicted octanol–water partition coefficient (Wildman–Crippen LogP) is 3.01. The number of nitrogens with one attached hydrogen (secondary N) is 1. The summed E-state index contributed by atoms with van der Waals surface area (Å²) in [7, 11) is 0. The van der Waals surface area contributed by atoms with E-state index in [-0.39, 0.29) is 5.91 Å². The number of nitrogens with zero attached hydrogens (tertiary/aromatic N) is 1. The van der Waals surface area contributed by atoms with E-state index < -0.39 is 0 Å². The van der Waals surface area contributed by atoms with Gasteiger partial charge in [0.15, 0.2) is 0 Å². The lowest BCUT2D eigenvalue weighted by atomic mass is 10.1. The second-order valence-corrected chi connectivity index (χ2v) is 6.99. The summed E-state index contributed by atoms with van der Waals surface area (Å²) in [5, 5.41) is 3.40. The number of amides is 1. The number of fused-ring (bicyclic) bond motifs is 1. The first-order valence-corrected chi connectivity index (χ1v) is 8.86. The largest absolute Gasteiger partial charge is 0.461 e. The number of benzene rings is 1. The molecule has 0 radical (unpaired) electrons. The van der Waals surface area contributed by atoms with E-state index in [2.05, 4.69) is 41.4 Å². The first-order valence-electron chi connectivity index (χ1n) is 8.86. The van der Waals surface area contributed by atoms with Gasteiger partial charge < -0.3 is 14.6 Å². The Morgan fingerprint density at radius 3 is 2.88 bits per heavy atom. The minimum Gasteiger partial charge on any atom is -0.461 e. The SMILES string of the molecule is Cc1ccc(-c2ccc(CCC(=O)N3CC[C@@H]4CNC[C@@H]43)o2)cc1. The standard InChI is InChI=1S/C20H24N2O2/c1-14-2-4-15(5-3-14)19-8-6-17(24-19)7-9-20(23)22-11-10-16-12-21-13-18(16)22/h2-6,8,16,18,21H,7,9-13H2,1H3/t16-,18+/m1/s1. The minimum atomic E-state index is 0.263. The summed E-state index contributed by atoms with van der Waals surface area (Å²) in [4.78, 5) is 14.6. The molecule has 1 aromatic heterocycles. The van der Waals surface area contributed by atoms with Crippen LogP contribution < -0.4 is 5.32 Å². The Kier molecular flexibility index (Phi) is 4.15. The summed E-state index contributed by atoms with van der Waals surface area (Å²) in [6.07, 6.45) is 2.35.